The van der Waals surface area contributed by atoms with E-state index in [1.54, 1.807) is 7.05 Å². The van der Waals surface area contributed by atoms with E-state index in [1.807, 2.05) is 44.2 Å². The maximum Gasteiger partial charge on any atom is 0.243 e. The van der Waals surface area contributed by atoms with Gasteiger partial charge in [-0.2, -0.15) is 0 Å². The monoisotopic (exact) mass is 366 g/mol. The molecule has 0 aliphatic heterocycles. The molecular formula is C23H30N2O2. The van der Waals surface area contributed by atoms with Gasteiger partial charge in [0.05, 0.1) is 13.0 Å². The molecule has 0 fully saturated rings. The SMILES string of the molecule is Cc1cccc(NC(=O)CN(C)C(=O)Cc2ccc(CC(C)C)cc2)c1C. The maximum absolute atomic E-state index is 12.4. The highest BCUT2D eigenvalue weighted by Crippen LogP contribution is 2.18. The molecule has 0 saturated carbocycles. The standard InChI is InChI=1S/C23H30N2O2/c1-16(2)13-19-9-11-20(12-10-19)14-23(27)25(5)15-22(26)24-21-8-6-7-17(3)18(21)4/h6-12,16H,13-15H2,1-5H3,(H,24,26). The molecule has 2 rings (SSSR count). The van der Waals surface area contributed by atoms with Crippen LogP contribution in [0.3, 0.4) is 0 Å². The summed E-state index contributed by atoms with van der Waals surface area (Å²) in [4.78, 5) is 26.2. The van der Waals surface area contributed by atoms with Crippen molar-refractivity contribution in [2.75, 3.05) is 18.9 Å². The number of hydrogen-bond acceptors (Lipinski definition) is 2. The second-order valence-electron chi connectivity index (χ2n) is 7.64. The van der Waals surface area contributed by atoms with Gasteiger partial charge in [-0.1, -0.05) is 50.2 Å². The van der Waals surface area contributed by atoms with Gasteiger partial charge < -0.3 is 10.2 Å². The Morgan fingerprint density at radius 3 is 2.26 bits per heavy atom. The summed E-state index contributed by atoms with van der Waals surface area (Å²) >= 11 is 0. The Balaban J connectivity index is 1.89. The highest BCUT2D eigenvalue weighted by atomic mass is 16.2. The summed E-state index contributed by atoms with van der Waals surface area (Å²) in [5.74, 6) is 0.355. The zero-order valence-electron chi connectivity index (χ0n) is 17.0. The molecule has 0 heterocycles. The van der Waals surface area contributed by atoms with Crippen molar-refractivity contribution in [1.29, 1.82) is 0 Å². The average molecular weight is 367 g/mol. The lowest BCUT2D eigenvalue weighted by molar-refractivity contribution is -0.132. The molecule has 0 aromatic heterocycles. The quantitative estimate of drug-likeness (QED) is 0.800. The number of aryl methyl sites for hydroxylation is 1. The van der Waals surface area contributed by atoms with Crippen LogP contribution in [0.4, 0.5) is 5.69 Å². The molecule has 4 nitrogen and oxygen atoms in total. The van der Waals surface area contributed by atoms with Gasteiger partial charge in [0.15, 0.2) is 0 Å². The Hall–Kier alpha value is -2.62. The largest absolute Gasteiger partial charge is 0.336 e. The highest BCUT2D eigenvalue weighted by molar-refractivity contribution is 5.95. The number of carbonyl (C=O) groups is 2. The zero-order valence-corrected chi connectivity index (χ0v) is 17.0. The second-order valence-corrected chi connectivity index (χ2v) is 7.64. The van der Waals surface area contributed by atoms with Crippen molar-refractivity contribution in [3.05, 3.63) is 64.7 Å². The van der Waals surface area contributed by atoms with Gasteiger partial charge in [0.2, 0.25) is 11.8 Å². The molecule has 0 atom stereocenters. The molecule has 4 heteroatoms. The summed E-state index contributed by atoms with van der Waals surface area (Å²) in [5.41, 5.74) is 5.21. The smallest absolute Gasteiger partial charge is 0.243 e. The van der Waals surface area contributed by atoms with Gasteiger partial charge in [-0.05, 0) is 54.5 Å². The van der Waals surface area contributed by atoms with Crippen LogP contribution in [-0.4, -0.2) is 30.3 Å². The number of amides is 2. The number of rotatable bonds is 7. The van der Waals surface area contributed by atoms with Gasteiger partial charge in [-0.3, -0.25) is 9.59 Å². The van der Waals surface area contributed by atoms with Crippen LogP contribution >= 0.6 is 0 Å². The summed E-state index contributed by atoms with van der Waals surface area (Å²) in [6, 6.07) is 14.0. The van der Waals surface area contributed by atoms with Crippen molar-refractivity contribution in [2.45, 2.75) is 40.5 Å². The summed E-state index contributed by atoms with van der Waals surface area (Å²) in [7, 11) is 1.66. The van der Waals surface area contributed by atoms with Crippen molar-refractivity contribution >= 4 is 17.5 Å². The van der Waals surface area contributed by atoms with E-state index in [-0.39, 0.29) is 18.4 Å². The van der Waals surface area contributed by atoms with E-state index in [2.05, 4.69) is 31.3 Å². The molecule has 0 radical (unpaired) electrons. The first-order valence-electron chi connectivity index (χ1n) is 9.44. The van der Waals surface area contributed by atoms with E-state index in [4.69, 9.17) is 0 Å². The van der Waals surface area contributed by atoms with Gasteiger partial charge >= 0.3 is 0 Å². The third kappa shape index (κ3) is 6.24. The van der Waals surface area contributed by atoms with Gasteiger partial charge in [-0.25, -0.2) is 0 Å². The maximum atomic E-state index is 12.4. The number of nitrogens with one attached hydrogen (secondary N) is 1. The molecule has 2 aromatic carbocycles. The Morgan fingerprint density at radius 2 is 1.63 bits per heavy atom. The van der Waals surface area contributed by atoms with Crippen LogP contribution in [0, 0.1) is 19.8 Å². The highest BCUT2D eigenvalue weighted by Gasteiger charge is 2.14. The molecule has 0 unspecified atom stereocenters. The molecule has 1 N–H and O–H groups in total. The lowest BCUT2D eigenvalue weighted by Crippen LogP contribution is -2.35. The normalized spacial score (nSPS) is 10.7. The fourth-order valence-corrected chi connectivity index (χ4v) is 2.95. The molecule has 0 saturated heterocycles. The number of benzene rings is 2. The number of carbonyl (C=O) groups excluding carboxylic acids is 2. The summed E-state index contributed by atoms with van der Waals surface area (Å²) < 4.78 is 0. The van der Waals surface area contributed by atoms with Crippen LogP contribution in [0.25, 0.3) is 0 Å². The Kier molecular flexibility index (Phi) is 7.17. The van der Waals surface area contributed by atoms with E-state index >= 15 is 0 Å². The van der Waals surface area contributed by atoms with E-state index in [1.165, 1.54) is 10.5 Å². The lowest BCUT2D eigenvalue weighted by atomic mass is 10.0. The molecule has 27 heavy (non-hydrogen) atoms. The fourth-order valence-electron chi connectivity index (χ4n) is 2.95. The molecule has 0 aliphatic carbocycles. The number of nitrogens with zero attached hydrogens (tertiary/aromatic N) is 1. The summed E-state index contributed by atoms with van der Waals surface area (Å²) in [6.07, 6.45) is 1.34. The van der Waals surface area contributed by atoms with Crippen LogP contribution in [0.5, 0.6) is 0 Å². The Morgan fingerprint density at radius 1 is 1.00 bits per heavy atom. The average Bonchev–Trinajstić information content (AvgIpc) is 2.60. The molecule has 2 aromatic rings. The van der Waals surface area contributed by atoms with Crippen molar-refractivity contribution in [1.82, 2.24) is 4.90 Å². The van der Waals surface area contributed by atoms with Crippen molar-refractivity contribution in [3.63, 3.8) is 0 Å². The molecule has 0 spiro atoms. The molecular weight excluding hydrogens is 336 g/mol. The molecule has 2 amide bonds. The number of hydrogen-bond donors (Lipinski definition) is 1. The first kappa shape index (κ1) is 20.7. The third-order valence-electron chi connectivity index (χ3n) is 4.71. The minimum Gasteiger partial charge on any atom is -0.336 e. The van der Waals surface area contributed by atoms with Crippen molar-refractivity contribution < 1.29 is 9.59 Å². The number of likely N-dealkylation sites (N-methyl/N-ethyl adjacent to an activating group) is 1. The van der Waals surface area contributed by atoms with Crippen LogP contribution in [-0.2, 0) is 22.4 Å². The zero-order chi connectivity index (χ0) is 20.0. The minimum atomic E-state index is -0.188. The van der Waals surface area contributed by atoms with Gasteiger partial charge in [0.1, 0.15) is 0 Å². The van der Waals surface area contributed by atoms with Crippen LogP contribution in [0.15, 0.2) is 42.5 Å². The summed E-state index contributed by atoms with van der Waals surface area (Å²) in [5, 5.41) is 2.89. The van der Waals surface area contributed by atoms with Gasteiger partial charge in [0, 0.05) is 12.7 Å². The predicted octanol–water partition coefficient (Wildman–Crippen LogP) is 4.14. The lowest BCUT2D eigenvalue weighted by Gasteiger charge is -2.18. The fraction of sp³-hybridized carbons (Fsp3) is 0.391. The van der Waals surface area contributed by atoms with E-state index in [9.17, 15) is 9.59 Å². The topological polar surface area (TPSA) is 49.4 Å². The predicted molar refractivity (Wildman–Crippen MR) is 111 cm³/mol. The third-order valence-corrected chi connectivity index (χ3v) is 4.71. The van der Waals surface area contributed by atoms with E-state index in [0.29, 0.717) is 12.3 Å². The van der Waals surface area contributed by atoms with E-state index in [0.717, 1.165) is 28.8 Å². The molecule has 0 aliphatic rings. The van der Waals surface area contributed by atoms with Crippen LogP contribution in [0.1, 0.15) is 36.1 Å². The Labute approximate surface area is 162 Å². The minimum absolute atomic E-state index is 0.0393. The number of anilines is 1. The van der Waals surface area contributed by atoms with Crippen molar-refractivity contribution in [3.8, 4) is 0 Å². The first-order chi connectivity index (χ1) is 12.8. The van der Waals surface area contributed by atoms with Gasteiger partial charge in [-0.15, -0.1) is 0 Å². The van der Waals surface area contributed by atoms with Gasteiger partial charge in [0.25, 0.3) is 0 Å². The van der Waals surface area contributed by atoms with E-state index < -0.39 is 0 Å². The second kappa shape index (κ2) is 9.36. The first-order valence-corrected chi connectivity index (χ1v) is 9.44. The summed E-state index contributed by atoms with van der Waals surface area (Å²) in [6.45, 7) is 8.40. The van der Waals surface area contributed by atoms with Crippen LogP contribution < -0.4 is 5.32 Å². The molecule has 0 bridgehead atoms. The molecule has 144 valence electrons. The Bertz CT molecular complexity index is 795. The van der Waals surface area contributed by atoms with Crippen LogP contribution in [0.2, 0.25) is 0 Å². The van der Waals surface area contributed by atoms with Crippen molar-refractivity contribution in [2.24, 2.45) is 5.92 Å².